The van der Waals surface area contributed by atoms with Crippen molar-refractivity contribution in [2.75, 3.05) is 17.6 Å². The molecule has 1 atom stereocenters. The van der Waals surface area contributed by atoms with Gasteiger partial charge in [0.15, 0.2) is 11.6 Å². The number of nitrogen functional groups attached to an aromatic ring is 1. The maximum atomic E-state index is 9.00. The number of pyridine rings is 2. The fourth-order valence-corrected chi connectivity index (χ4v) is 3.92. The number of aromatic nitrogens is 4. The Bertz CT molecular complexity index is 1520. The topological polar surface area (TPSA) is 113 Å². The molecule has 3 N–H and O–H groups in total. The second-order valence-corrected chi connectivity index (χ2v) is 8.30. The van der Waals surface area contributed by atoms with Crippen LogP contribution in [0.5, 0.6) is 0 Å². The van der Waals surface area contributed by atoms with Gasteiger partial charge in [-0.25, -0.2) is 9.97 Å². The zero-order valence-electron chi connectivity index (χ0n) is 19.2. The minimum atomic E-state index is 0.0768. The maximum absolute atomic E-state index is 9.00. The van der Waals surface area contributed by atoms with E-state index in [1.54, 1.807) is 18.5 Å². The lowest BCUT2D eigenvalue weighted by Crippen LogP contribution is -2.14. The highest BCUT2D eigenvalue weighted by atomic mass is 15.1. The highest BCUT2D eigenvalue weighted by molar-refractivity contribution is 5.88. The van der Waals surface area contributed by atoms with E-state index in [0.29, 0.717) is 23.7 Å². The third-order valence-corrected chi connectivity index (χ3v) is 5.84. The summed E-state index contributed by atoms with van der Waals surface area (Å²) in [6, 6.07) is 25.7. The molecule has 0 saturated carbocycles. The fraction of sp³-hybridized carbons (Fsp3) is 0.107. The maximum Gasteiger partial charge on any atom is 0.169 e. The van der Waals surface area contributed by atoms with Crippen molar-refractivity contribution in [3.63, 3.8) is 0 Å². The monoisotopic (exact) mass is 457 g/mol. The number of anilines is 2. The van der Waals surface area contributed by atoms with Gasteiger partial charge < -0.3 is 11.1 Å². The minimum Gasteiger partial charge on any atom is -0.381 e. The number of nitriles is 1. The molecule has 5 aromatic rings. The first-order valence-corrected chi connectivity index (χ1v) is 11.3. The number of benzene rings is 2. The molecule has 0 fully saturated rings. The van der Waals surface area contributed by atoms with Crippen LogP contribution in [0.4, 0.5) is 11.6 Å². The van der Waals surface area contributed by atoms with Crippen molar-refractivity contribution in [1.29, 1.82) is 5.26 Å². The number of nitrogens with two attached hydrogens (primary N) is 1. The van der Waals surface area contributed by atoms with Crippen LogP contribution in [0, 0.1) is 11.3 Å². The summed E-state index contributed by atoms with van der Waals surface area (Å²) in [5.74, 6) is 0.925. The number of hydrogen-bond acceptors (Lipinski definition) is 7. The Morgan fingerprint density at radius 1 is 0.914 bits per heavy atom. The van der Waals surface area contributed by atoms with E-state index in [2.05, 4.69) is 34.3 Å². The second-order valence-electron chi connectivity index (χ2n) is 8.30. The van der Waals surface area contributed by atoms with E-state index in [4.69, 9.17) is 21.0 Å². The number of fused-ring (bicyclic) bond motifs is 1. The van der Waals surface area contributed by atoms with E-state index in [1.807, 2.05) is 60.7 Å². The molecule has 0 aliphatic carbocycles. The lowest BCUT2D eigenvalue weighted by Gasteiger charge is -2.17. The molecule has 170 valence electrons. The van der Waals surface area contributed by atoms with Crippen molar-refractivity contribution in [3.8, 4) is 28.6 Å². The summed E-state index contributed by atoms with van der Waals surface area (Å²) in [7, 11) is 0. The molecule has 7 nitrogen and oxygen atoms in total. The van der Waals surface area contributed by atoms with Gasteiger partial charge in [0.25, 0.3) is 0 Å². The summed E-state index contributed by atoms with van der Waals surface area (Å²) < 4.78 is 0. The smallest absolute Gasteiger partial charge is 0.169 e. The van der Waals surface area contributed by atoms with Crippen molar-refractivity contribution in [3.05, 3.63) is 96.4 Å². The van der Waals surface area contributed by atoms with Crippen molar-refractivity contribution >= 4 is 22.5 Å². The summed E-state index contributed by atoms with van der Waals surface area (Å²) in [4.78, 5) is 18.5. The average Bonchev–Trinajstić information content (AvgIpc) is 2.92. The van der Waals surface area contributed by atoms with Crippen molar-refractivity contribution in [2.24, 2.45) is 0 Å². The Morgan fingerprint density at radius 3 is 2.51 bits per heavy atom. The van der Waals surface area contributed by atoms with Crippen LogP contribution in [-0.2, 0) is 0 Å². The van der Waals surface area contributed by atoms with Crippen LogP contribution < -0.4 is 11.1 Å². The van der Waals surface area contributed by atoms with E-state index < -0.39 is 0 Å². The first-order valence-electron chi connectivity index (χ1n) is 11.3. The van der Waals surface area contributed by atoms with E-state index in [9.17, 15) is 0 Å². The molecule has 35 heavy (non-hydrogen) atoms. The predicted molar refractivity (Wildman–Crippen MR) is 138 cm³/mol. The van der Waals surface area contributed by atoms with Crippen LogP contribution >= 0.6 is 0 Å². The van der Waals surface area contributed by atoms with E-state index in [0.717, 1.165) is 39.1 Å². The van der Waals surface area contributed by atoms with Crippen LogP contribution in [-0.4, -0.2) is 26.5 Å². The largest absolute Gasteiger partial charge is 0.381 e. The minimum absolute atomic E-state index is 0.0768. The molecule has 1 unspecified atom stereocenters. The number of nitrogens with one attached hydrogen (secondary N) is 1. The van der Waals surface area contributed by atoms with E-state index in [-0.39, 0.29) is 5.92 Å². The van der Waals surface area contributed by atoms with Crippen molar-refractivity contribution in [1.82, 2.24) is 19.9 Å². The Labute approximate surface area is 203 Å². The highest BCUT2D eigenvalue weighted by Gasteiger charge is 2.17. The molecule has 0 aliphatic rings. The van der Waals surface area contributed by atoms with Gasteiger partial charge in [-0.15, -0.1) is 0 Å². The molecule has 2 aromatic carbocycles. The van der Waals surface area contributed by atoms with Gasteiger partial charge in [-0.2, -0.15) is 5.26 Å². The summed E-state index contributed by atoms with van der Waals surface area (Å²) in [6.07, 6.45) is 3.37. The predicted octanol–water partition coefficient (Wildman–Crippen LogP) is 5.42. The van der Waals surface area contributed by atoms with Crippen LogP contribution in [0.15, 0.2) is 85.2 Å². The molecule has 0 aliphatic heterocycles. The SMILES string of the molecule is CC(CNc1nc(-c2ccc3ncccc3c2)c(-c2ccccc2)nc1N)c1ccc(C#N)cn1. The van der Waals surface area contributed by atoms with Gasteiger partial charge in [0.1, 0.15) is 6.07 Å². The van der Waals surface area contributed by atoms with E-state index >= 15 is 0 Å². The average molecular weight is 458 g/mol. The van der Waals surface area contributed by atoms with Gasteiger partial charge in [-0.1, -0.05) is 49.4 Å². The molecule has 0 radical (unpaired) electrons. The van der Waals surface area contributed by atoms with Gasteiger partial charge in [0.05, 0.1) is 22.5 Å². The first-order chi connectivity index (χ1) is 17.1. The molecular weight excluding hydrogens is 434 g/mol. The highest BCUT2D eigenvalue weighted by Crippen LogP contribution is 2.33. The van der Waals surface area contributed by atoms with Gasteiger partial charge in [-0.3, -0.25) is 9.97 Å². The summed E-state index contributed by atoms with van der Waals surface area (Å²) in [5.41, 5.74) is 12.0. The number of nitrogens with zero attached hydrogens (tertiary/aromatic N) is 5. The van der Waals surface area contributed by atoms with Gasteiger partial charge in [0.2, 0.25) is 0 Å². The zero-order chi connectivity index (χ0) is 24.2. The Hall–Kier alpha value is -4.83. The standard InChI is InChI=1S/C28H23N7/c1-18(23-11-9-19(15-29)17-32-23)16-33-28-27(30)34-25(20-6-3-2-4-7-20)26(35-28)22-10-12-24-21(14-22)8-5-13-31-24/h2-14,17-18H,16H2,1H3,(H2,30,34)(H,33,35). The molecular formula is C28H23N7. The fourth-order valence-electron chi connectivity index (χ4n) is 3.92. The van der Waals surface area contributed by atoms with Crippen LogP contribution in [0.1, 0.15) is 24.1 Å². The lowest BCUT2D eigenvalue weighted by atomic mass is 10.0. The number of hydrogen-bond donors (Lipinski definition) is 2. The molecule has 0 spiro atoms. The van der Waals surface area contributed by atoms with Gasteiger partial charge >= 0.3 is 0 Å². The van der Waals surface area contributed by atoms with Crippen LogP contribution in [0.3, 0.4) is 0 Å². The second kappa shape index (κ2) is 9.57. The summed E-state index contributed by atoms with van der Waals surface area (Å²) in [5, 5.41) is 13.4. The third-order valence-electron chi connectivity index (χ3n) is 5.84. The van der Waals surface area contributed by atoms with Gasteiger partial charge in [0, 0.05) is 47.1 Å². The van der Waals surface area contributed by atoms with Gasteiger partial charge in [-0.05, 0) is 30.3 Å². The summed E-state index contributed by atoms with van der Waals surface area (Å²) >= 11 is 0. The van der Waals surface area contributed by atoms with Crippen LogP contribution in [0.25, 0.3) is 33.4 Å². The Balaban J connectivity index is 1.52. The van der Waals surface area contributed by atoms with E-state index in [1.165, 1.54) is 0 Å². The molecule has 5 rings (SSSR count). The van der Waals surface area contributed by atoms with Crippen molar-refractivity contribution in [2.45, 2.75) is 12.8 Å². The number of rotatable bonds is 6. The Kier molecular flexibility index (Phi) is 6.01. The third kappa shape index (κ3) is 4.63. The normalized spacial score (nSPS) is 11.7. The molecule has 7 heteroatoms. The quantitative estimate of drug-likeness (QED) is 0.350. The molecule has 0 amide bonds. The molecule has 3 heterocycles. The molecule has 0 saturated heterocycles. The molecule has 3 aromatic heterocycles. The zero-order valence-corrected chi connectivity index (χ0v) is 19.2. The summed E-state index contributed by atoms with van der Waals surface area (Å²) in [6.45, 7) is 2.62. The Morgan fingerprint density at radius 2 is 1.74 bits per heavy atom. The van der Waals surface area contributed by atoms with Crippen molar-refractivity contribution < 1.29 is 0 Å². The lowest BCUT2D eigenvalue weighted by molar-refractivity contribution is 0.769. The van der Waals surface area contributed by atoms with Crippen LogP contribution in [0.2, 0.25) is 0 Å². The first kappa shape index (κ1) is 22.0. The molecule has 0 bridgehead atoms.